The maximum Gasteiger partial charge on any atom is 0.191 e. The highest BCUT2D eigenvalue weighted by molar-refractivity contribution is 5.80. The zero-order valence-corrected chi connectivity index (χ0v) is 18.2. The lowest BCUT2D eigenvalue weighted by Crippen LogP contribution is -2.43. The molecular weight excluding hydrogens is 338 g/mol. The number of rotatable bonds is 7. The van der Waals surface area contributed by atoms with Gasteiger partial charge in [-0.3, -0.25) is 9.67 Å². The lowest BCUT2D eigenvalue weighted by atomic mass is 10.1. The molecule has 1 aromatic heterocycles. The standard InChI is InChI=1S/C20H39N7/c1-7-21-20(22-9-12-27-11-8-10-25(5)13-14-27)23-16(2)15-19-17(3)24-26(6)18(19)4/h16H,7-15H2,1-6H3,(H2,21,22,23). The van der Waals surface area contributed by atoms with E-state index in [0.29, 0.717) is 6.04 Å². The molecule has 0 aliphatic carbocycles. The largest absolute Gasteiger partial charge is 0.357 e. The highest BCUT2D eigenvalue weighted by Gasteiger charge is 2.14. The van der Waals surface area contributed by atoms with Crippen molar-refractivity contribution in [1.82, 2.24) is 30.2 Å². The molecule has 2 heterocycles. The zero-order valence-electron chi connectivity index (χ0n) is 18.2. The van der Waals surface area contributed by atoms with E-state index in [1.165, 1.54) is 30.8 Å². The number of likely N-dealkylation sites (N-methyl/N-ethyl adjacent to an activating group) is 1. The summed E-state index contributed by atoms with van der Waals surface area (Å²) in [6.07, 6.45) is 2.20. The van der Waals surface area contributed by atoms with Crippen molar-refractivity contribution >= 4 is 5.96 Å². The minimum atomic E-state index is 0.302. The van der Waals surface area contributed by atoms with Gasteiger partial charge in [-0.15, -0.1) is 0 Å². The van der Waals surface area contributed by atoms with E-state index in [0.717, 1.165) is 50.8 Å². The Labute approximate surface area is 165 Å². The fourth-order valence-electron chi connectivity index (χ4n) is 3.65. The number of aliphatic imine (C=N–C) groups is 1. The summed E-state index contributed by atoms with van der Waals surface area (Å²) in [6, 6.07) is 0.302. The molecule has 7 heteroatoms. The van der Waals surface area contributed by atoms with Gasteiger partial charge in [-0.1, -0.05) is 0 Å². The molecule has 154 valence electrons. The first-order valence-corrected chi connectivity index (χ1v) is 10.4. The second kappa shape index (κ2) is 10.7. The molecule has 1 unspecified atom stereocenters. The number of hydrogen-bond donors (Lipinski definition) is 2. The van der Waals surface area contributed by atoms with Crippen molar-refractivity contribution in [3.05, 3.63) is 17.0 Å². The van der Waals surface area contributed by atoms with Crippen molar-refractivity contribution in [2.24, 2.45) is 12.0 Å². The molecule has 0 radical (unpaired) electrons. The lowest BCUT2D eigenvalue weighted by Gasteiger charge is -2.20. The van der Waals surface area contributed by atoms with Crippen molar-refractivity contribution in [2.45, 2.75) is 46.6 Å². The summed E-state index contributed by atoms with van der Waals surface area (Å²) in [5.74, 6) is 0.913. The van der Waals surface area contributed by atoms with Crippen molar-refractivity contribution in [3.63, 3.8) is 0 Å². The van der Waals surface area contributed by atoms with Crippen LogP contribution >= 0.6 is 0 Å². The fourth-order valence-corrected chi connectivity index (χ4v) is 3.65. The number of hydrogen-bond acceptors (Lipinski definition) is 4. The van der Waals surface area contributed by atoms with Crippen LogP contribution in [0.2, 0.25) is 0 Å². The van der Waals surface area contributed by atoms with E-state index in [9.17, 15) is 0 Å². The maximum atomic E-state index is 4.81. The van der Waals surface area contributed by atoms with Gasteiger partial charge >= 0.3 is 0 Å². The number of nitrogens with zero attached hydrogens (tertiary/aromatic N) is 5. The van der Waals surface area contributed by atoms with Gasteiger partial charge < -0.3 is 20.4 Å². The summed E-state index contributed by atoms with van der Waals surface area (Å²) < 4.78 is 1.97. The third-order valence-corrected chi connectivity index (χ3v) is 5.39. The van der Waals surface area contributed by atoms with Crippen LogP contribution in [0, 0.1) is 13.8 Å². The molecule has 0 amide bonds. The van der Waals surface area contributed by atoms with Gasteiger partial charge in [0.15, 0.2) is 5.96 Å². The monoisotopic (exact) mass is 377 g/mol. The Bertz CT molecular complexity index is 608. The third-order valence-electron chi connectivity index (χ3n) is 5.39. The van der Waals surface area contributed by atoms with Crippen LogP contribution in [-0.2, 0) is 13.5 Å². The topological polar surface area (TPSA) is 60.7 Å². The van der Waals surface area contributed by atoms with Crippen molar-refractivity contribution in [1.29, 1.82) is 0 Å². The molecule has 2 rings (SSSR count). The second-order valence-electron chi connectivity index (χ2n) is 7.78. The van der Waals surface area contributed by atoms with Gasteiger partial charge in [0.05, 0.1) is 12.2 Å². The quantitative estimate of drug-likeness (QED) is 0.552. The van der Waals surface area contributed by atoms with Crippen LogP contribution in [0.1, 0.15) is 37.2 Å². The molecule has 0 bridgehead atoms. The Balaban J connectivity index is 1.86. The van der Waals surface area contributed by atoms with Crippen LogP contribution in [0.4, 0.5) is 0 Å². The molecule has 0 saturated carbocycles. The molecule has 0 spiro atoms. The summed E-state index contributed by atoms with van der Waals surface area (Å²) in [5.41, 5.74) is 3.70. The third kappa shape index (κ3) is 6.81. The molecule has 27 heavy (non-hydrogen) atoms. The van der Waals surface area contributed by atoms with Gasteiger partial charge in [-0.05, 0) is 66.2 Å². The van der Waals surface area contributed by atoms with E-state index < -0.39 is 0 Å². The van der Waals surface area contributed by atoms with Crippen molar-refractivity contribution in [3.8, 4) is 0 Å². The van der Waals surface area contributed by atoms with Gasteiger partial charge in [0, 0.05) is 45.0 Å². The smallest absolute Gasteiger partial charge is 0.191 e. The van der Waals surface area contributed by atoms with Crippen LogP contribution in [0.25, 0.3) is 0 Å². The van der Waals surface area contributed by atoms with Gasteiger partial charge in [0.1, 0.15) is 0 Å². The molecule has 0 aromatic carbocycles. The Hall–Kier alpha value is -1.60. The van der Waals surface area contributed by atoms with Gasteiger partial charge in [0.25, 0.3) is 0 Å². The summed E-state index contributed by atoms with van der Waals surface area (Å²) in [5, 5.41) is 11.5. The second-order valence-corrected chi connectivity index (χ2v) is 7.78. The Morgan fingerprint density at radius 2 is 1.96 bits per heavy atom. The first kappa shape index (κ1) is 21.7. The SMILES string of the molecule is CCNC(=NCCN1CCCN(C)CC1)NC(C)Cc1c(C)nn(C)c1C. The molecule has 1 fully saturated rings. The summed E-state index contributed by atoms with van der Waals surface area (Å²) in [6.45, 7) is 16.0. The van der Waals surface area contributed by atoms with E-state index in [2.05, 4.69) is 60.3 Å². The van der Waals surface area contributed by atoms with Crippen molar-refractivity contribution < 1.29 is 0 Å². The normalized spacial score (nSPS) is 18.4. The number of guanidine groups is 1. The minimum absolute atomic E-state index is 0.302. The number of aryl methyl sites for hydroxylation is 2. The van der Waals surface area contributed by atoms with Crippen LogP contribution < -0.4 is 10.6 Å². The average Bonchev–Trinajstić information content (AvgIpc) is 2.77. The molecule has 2 N–H and O–H groups in total. The van der Waals surface area contributed by atoms with E-state index in [1.807, 2.05) is 11.7 Å². The zero-order chi connectivity index (χ0) is 19.8. The minimum Gasteiger partial charge on any atom is -0.357 e. The number of aromatic nitrogens is 2. The Kier molecular flexibility index (Phi) is 8.57. The molecule has 1 aliphatic rings. The Morgan fingerprint density at radius 1 is 1.19 bits per heavy atom. The summed E-state index contributed by atoms with van der Waals surface area (Å²) >= 11 is 0. The molecule has 1 aliphatic heterocycles. The maximum absolute atomic E-state index is 4.81. The van der Waals surface area contributed by atoms with Crippen LogP contribution in [-0.4, -0.2) is 84.4 Å². The highest BCUT2D eigenvalue weighted by atomic mass is 15.3. The van der Waals surface area contributed by atoms with Gasteiger partial charge in [-0.25, -0.2) is 0 Å². The predicted molar refractivity (Wildman–Crippen MR) is 114 cm³/mol. The average molecular weight is 378 g/mol. The van der Waals surface area contributed by atoms with Crippen LogP contribution in [0.5, 0.6) is 0 Å². The van der Waals surface area contributed by atoms with Crippen LogP contribution in [0.3, 0.4) is 0 Å². The first-order chi connectivity index (χ1) is 12.9. The molecule has 7 nitrogen and oxygen atoms in total. The van der Waals surface area contributed by atoms with E-state index in [1.54, 1.807) is 0 Å². The van der Waals surface area contributed by atoms with E-state index in [4.69, 9.17) is 4.99 Å². The predicted octanol–water partition coefficient (Wildman–Crippen LogP) is 1.16. The first-order valence-electron chi connectivity index (χ1n) is 10.4. The fraction of sp³-hybridized carbons (Fsp3) is 0.800. The molecule has 1 aromatic rings. The van der Waals surface area contributed by atoms with E-state index in [-0.39, 0.29) is 0 Å². The highest BCUT2D eigenvalue weighted by Crippen LogP contribution is 2.14. The lowest BCUT2D eigenvalue weighted by molar-refractivity contribution is 0.283. The van der Waals surface area contributed by atoms with E-state index >= 15 is 0 Å². The molecular formula is C20H39N7. The summed E-state index contributed by atoms with van der Waals surface area (Å²) in [4.78, 5) is 9.75. The van der Waals surface area contributed by atoms with Crippen LogP contribution in [0.15, 0.2) is 4.99 Å². The van der Waals surface area contributed by atoms with Gasteiger partial charge in [-0.2, -0.15) is 5.10 Å². The molecule has 1 atom stereocenters. The Morgan fingerprint density at radius 3 is 2.63 bits per heavy atom. The summed E-state index contributed by atoms with van der Waals surface area (Å²) in [7, 11) is 4.22. The van der Waals surface area contributed by atoms with Gasteiger partial charge in [0.2, 0.25) is 0 Å². The number of nitrogens with one attached hydrogen (secondary N) is 2. The molecule has 1 saturated heterocycles. The van der Waals surface area contributed by atoms with Crippen molar-refractivity contribution in [2.75, 3.05) is 52.9 Å².